The number of nitrogens with zero attached hydrogens (tertiary/aromatic N) is 1. The largest absolute Gasteiger partial charge is 0.366 e. The molecule has 1 saturated carbocycles. The minimum atomic E-state index is -0.291. The molecule has 3 atom stereocenters. The molecule has 3 aliphatic rings. The van der Waals surface area contributed by atoms with Crippen molar-refractivity contribution in [2.45, 2.75) is 50.0 Å². The van der Waals surface area contributed by atoms with Crippen LogP contribution in [0, 0.1) is 5.92 Å². The normalized spacial score (nSPS) is 33.8. The fourth-order valence-electron chi connectivity index (χ4n) is 5.73. The molecule has 1 aromatic carbocycles. The predicted molar refractivity (Wildman–Crippen MR) is 87.7 cm³/mol. The average Bonchev–Trinajstić information content (AvgIpc) is 2.51. The van der Waals surface area contributed by atoms with Gasteiger partial charge in [0.25, 0.3) is 0 Å². The van der Waals surface area contributed by atoms with Crippen LogP contribution in [0.25, 0.3) is 0 Å². The topological polar surface area (TPSA) is 43.1 Å². The molecule has 4 rings (SSSR count). The number of amides is 1. The minimum Gasteiger partial charge on any atom is -0.366 e. The number of likely N-dealkylation sites (N-methyl/N-ethyl adjacent to an activating group) is 1. The zero-order valence-corrected chi connectivity index (χ0v) is 17.2. The summed E-state index contributed by atoms with van der Waals surface area (Å²) in [4.78, 5) is 11.6. The van der Waals surface area contributed by atoms with Gasteiger partial charge in [0.05, 0.1) is 26.7 Å². The molecule has 2 N–H and O–H groups in total. The summed E-state index contributed by atoms with van der Waals surface area (Å²) in [7, 11) is 4.82. The van der Waals surface area contributed by atoms with E-state index in [1.165, 1.54) is 49.8 Å². The van der Waals surface area contributed by atoms with Crippen LogP contribution in [0.1, 0.15) is 53.6 Å². The second kappa shape index (κ2) is 5.93. The van der Waals surface area contributed by atoms with Crippen molar-refractivity contribution in [2.24, 2.45) is 11.7 Å². The molecule has 1 saturated heterocycles. The monoisotopic (exact) mass is 388 g/mol. The second-order valence-corrected chi connectivity index (χ2v) is 8.27. The van der Waals surface area contributed by atoms with Gasteiger partial charge in [-0.05, 0) is 36.1 Å². The fourth-order valence-corrected chi connectivity index (χ4v) is 5.73. The van der Waals surface area contributed by atoms with Crippen LogP contribution in [0.15, 0.2) is 18.2 Å². The Balaban J connectivity index is 0.00000156. The van der Waals surface area contributed by atoms with Crippen LogP contribution in [0.3, 0.4) is 0 Å². The number of carbonyl (C=O) groups is 1. The van der Waals surface area contributed by atoms with Crippen molar-refractivity contribution >= 4 is 5.91 Å². The maximum absolute atomic E-state index is 11.6. The quantitative estimate of drug-likeness (QED) is 0.739. The van der Waals surface area contributed by atoms with Crippen LogP contribution in [0.4, 0.5) is 0 Å². The maximum atomic E-state index is 11.6. The van der Waals surface area contributed by atoms with E-state index in [2.05, 4.69) is 26.2 Å². The number of piperidine rings is 1. The Kier molecular flexibility index (Phi) is 4.53. The molecule has 121 valence electrons. The second-order valence-electron chi connectivity index (χ2n) is 8.27. The molecular weight excluding hydrogens is 361 g/mol. The number of quaternary nitrogens is 1. The zero-order chi connectivity index (χ0) is 15.5. The number of rotatable bonds is 1. The van der Waals surface area contributed by atoms with Gasteiger partial charge in [0.2, 0.25) is 5.91 Å². The first-order valence-corrected chi connectivity index (χ1v) is 8.70. The van der Waals surface area contributed by atoms with E-state index in [1.807, 2.05) is 6.07 Å². The summed E-state index contributed by atoms with van der Waals surface area (Å²) in [6, 6.07) is 6.98. The van der Waals surface area contributed by atoms with Gasteiger partial charge in [-0.3, -0.25) is 4.79 Å². The molecule has 0 aromatic heterocycles. The number of nitrogens with two attached hydrogens (primary N) is 1. The van der Waals surface area contributed by atoms with Crippen molar-refractivity contribution in [2.75, 3.05) is 20.6 Å². The molecular formula is C19H27N2OY+. The third-order valence-corrected chi connectivity index (χ3v) is 6.95. The van der Waals surface area contributed by atoms with Gasteiger partial charge in [0.15, 0.2) is 0 Å². The van der Waals surface area contributed by atoms with Crippen molar-refractivity contribution < 1.29 is 42.0 Å². The molecule has 4 heteroatoms. The van der Waals surface area contributed by atoms with Gasteiger partial charge in [-0.15, -0.1) is 0 Å². The summed E-state index contributed by atoms with van der Waals surface area (Å²) >= 11 is 0. The van der Waals surface area contributed by atoms with Crippen LogP contribution in [0.2, 0.25) is 0 Å². The van der Waals surface area contributed by atoms with E-state index in [-0.39, 0.29) is 38.6 Å². The van der Waals surface area contributed by atoms with Crippen LogP contribution in [-0.2, 0) is 44.5 Å². The van der Waals surface area contributed by atoms with Gasteiger partial charge in [-0.1, -0.05) is 18.9 Å². The third-order valence-electron chi connectivity index (χ3n) is 6.95. The van der Waals surface area contributed by atoms with E-state index in [0.717, 1.165) is 22.9 Å². The van der Waals surface area contributed by atoms with Crippen molar-refractivity contribution in [1.29, 1.82) is 0 Å². The Morgan fingerprint density at radius 1 is 1.26 bits per heavy atom. The summed E-state index contributed by atoms with van der Waals surface area (Å²) in [6.07, 6.45) is 7.77. The summed E-state index contributed by atoms with van der Waals surface area (Å²) in [6.45, 7) is 1.25. The van der Waals surface area contributed by atoms with E-state index in [9.17, 15) is 4.79 Å². The first-order valence-electron chi connectivity index (χ1n) is 8.70. The van der Waals surface area contributed by atoms with Crippen LogP contribution < -0.4 is 5.73 Å². The number of hydrogen-bond donors (Lipinski definition) is 1. The summed E-state index contributed by atoms with van der Waals surface area (Å²) in [5.74, 6) is 0.487. The zero-order valence-electron chi connectivity index (χ0n) is 14.3. The van der Waals surface area contributed by atoms with Gasteiger partial charge in [-0.2, -0.15) is 0 Å². The number of carbonyl (C=O) groups excluding carboxylic acids is 1. The summed E-state index contributed by atoms with van der Waals surface area (Å²) in [5.41, 5.74) is 9.48. The van der Waals surface area contributed by atoms with Crippen molar-refractivity contribution in [3.8, 4) is 0 Å². The standard InChI is InChI=1S/C19H26N2O.Y/c1-21(2)10-9-19-8-4-3-5-15(19)17(21)12-13-6-7-14(18(20)22)11-16(13)19;/h6-7,11,15,17H,3-5,8-10,12H2,1-2H3,(H-,20,22);/p+1/t15?,17-,19-;/m1./s1. The van der Waals surface area contributed by atoms with E-state index in [0.29, 0.717) is 11.0 Å². The van der Waals surface area contributed by atoms with Gasteiger partial charge in [0.1, 0.15) is 0 Å². The number of benzene rings is 1. The molecule has 1 unspecified atom stereocenters. The first kappa shape index (κ1) is 17.6. The Hall–Kier alpha value is -0.246. The van der Waals surface area contributed by atoms with Crippen molar-refractivity contribution in [3.63, 3.8) is 0 Å². The number of hydrogen-bond acceptors (Lipinski definition) is 1. The van der Waals surface area contributed by atoms with E-state index < -0.39 is 0 Å². The summed E-state index contributed by atoms with van der Waals surface area (Å²) in [5, 5.41) is 0. The number of primary amides is 1. The van der Waals surface area contributed by atoms with Crippen LogP contribution in [0.5, 0.6) is 0 Å². The van der Waals surface area contributed by atoms with Gasteiger partial charge < -0.3 is 10.2 Å². The molecule has 1 aromatic rings. The van der Waals surface area contributed by atoms with Crippen molar-refractivity contribution in [1.82, 2.24) is 0 Å². The fraction of sp³-hybridized carbons (Fsp3) is 0.632. The molecule has 2 fully saturated rings. The molecule has 1 heterocycles. The molecule has 23 heavy (non-hydrogen) atoms. The Morgan fingerprint density at radius 3 is 2.78 bits per heavy atom. The molecule has 0 spiro atoms. The van der Waals surface area contributed by atoms with Gasteiger partial charge >= 0.3 is 0 Å². The minimum absolute atomic E-state index is 0. The molecule has 3 nitrogen and oxygen atoms in total. The summed E-state index contributed by atoms with van der Waals surface area (Å²) < 4.78 is 1.16. The van der Waals surface area contributed by atoms with E-state index in [1.54, 1.807) is 0 Å². The maximum Gasteiger partial charge on any atom is 0.248 e. The number of likely N-dealkylation sites (tertiary alicyclic amines) is 1. The first-order chi connectivity index (χ1) is 10.4. The predicted octanol–water partition coefficient (Wildman–Crippen LogP) is 2.62. The third kappa shape index (κ3) is 2.54. The Bertz CT molecular complexity index is 642. The molecule has 1 aliphatic heterocycles. The Morgan fingerprint density at radius 2 is 2.04 bits per heavy atom. The Labute approximate surface area is 164 Å². The average molecular weight is 388 g/mol. The van der Waals surface area contributed by atoms with Gasteiger partial charge in [0, 0.05) is 62.4 Å². The van der Waals surface area contributed by atoms with Gasteiger partial charge in [-0.25, -0.2) is 0 Å². The van der Waals surface area contributed by atoms with E-state index in [4.69, 9.17) is 5.73 Å². The van der Waals surface area contributed by atoms with Crippen molar-refractivity contribution in [3.05, 3.63) is 34.9 Å². The number of fused-ring (bicyclic) bond motifs is 1. The SMILES string of the molecule is C[N+]1(C)CC[C@]23CCCCC2[C@H]1Cc1ccc(C(N)=O)cc13.[Y]. The smallest absolute Gasteiger partial charge is 0.248 e. The van der Waals surface area contributed by atoms with Crippen LogP contribution in [-0.4, -0.2) is 37.1 Å². The molecule has 2 aliphatic carbocycles. The molecule has 1 radical (unpaired) electrons. The molecule has 2 bridgehead atoms. The molecule has 1 amide bonds. The van der Waals surface area contributed by atoms with Crippen LogP contribution >= 0.6 is 0 Å². The van der Waals surface area contributed by atoms with E-state index >= 15 is 0 Å².